The summed E-state index contributed by atoms with van der Waals surface area (Å²) in [5, 5.41) is 3.98. The van der Waals surface area contributed by atoms with Crippen molar-refractivity contribution in [2.45, 2.75) is 76.4 Å². The Morgan fingerprint density at radius 3 is 2.63 bits per heavy atom. The molecule has 0 unspecified atom stereocenters. The quantitative estimate of drug-likeness (QED) is 0.440. The topological polar surface area (TPSA) is 92.6 Å². The monoisotopic (exact) mass is 564 g/mol. The second kappa shape index (κ2) is 9.75. The molecule has 11 heteroatoms. The number of pyridine rings is 1. The third kappa shape index (κ3) is 4.54. The lowest BCUT2D eigenvalue weighted by molar-refractivity contribution is -0.127. The van der Waals surface area contributed by atoms with Crippen LogP contribution in [-0.4, -0.2) is 69.5 Å². The Bertz CT molecular complexity index is 1590. The molecule has 2 aliphatic carbocycles. The number of hydrogen-bond donors (Lipinski definition) is 1. The summed E-state index contributed by atoms with van der Waals surface area (Å²) in [7, 11) is 0. The van der Waals surface area contributed by atoms with E-state index in [1.165, 1.54) is 6.92 Å². The van der Waals surface area contributed by atoms with Gasteiger partial charge in [0.1, 0.15) is 18.0 Å². The summed E-state index contributed by atoms with van der Waals surface area (Å²) in [6.07, 6.45) is 5.45. The number of nitrogens with one attached hydrogen (secondary N) is 1. The van der Waals surface area contributed by atoms with E-state index in [0.717, 1.165) is 62.4 Å². The first-order valence-electron chi connectivity index (χ1n) is 14.5. The Hall–Kier alpha value is -3.60. The minimum Gasteiger partial charge on any atom is -0.489 e. The molecule has 0 spiro atoms. The second-order valence-corrected chi connectivity index (χ2v) is 12.0. The molecule has 2 saturated carbocycles. The Balaban J connectivity index is 1.14. The highest BCUT2D eigenvalue weighted by atomic mass is 19.3. The van der Waals surface area contributed by atoms with Crippen LogP contribution in [0.2, 0.25) is 0 Å². The van der Waals surface area contributed by atoms with Crippen LogP contribution >= 0.6 is 0 Å². The van der Waals surface area contributed by atoms with Gasteiger partial charge < -0.3 is 15.0 Å². The molecule has 3 aromatic rings. The Morgan fingerprint density at radius 2 is 1.90 bits per heavy atom. The molecule has 2 aromatic heterocycles. The molecule has 1 N–H and O–H groups in total. The smallest absolute Gasteiger partial charge is 0.263 e. The number of aryl methyl sites for hydroxylation is 1. The molecule has 1 aromatic carbocycles. The van der Waals surface area contributed by atoms with Gasteiger partial charge in [-0.2, -0.15) is 4.98 Å². The lowest BCUT2D eigenvalue weighted by Gasteiger charge is -2.51. The number of ketones is 1. The van der Waals surface area contributed by atoms with Crippen LogP contribution in [0.1, 0.15) is 67.4 Å². The average Bonchev–Trinajstić information content (AvgIpc) is 3.45. The van der Waals surface area contributed by atoms with Crippen LogP contribution in [0.4, 0.5) is 26.1 Å². The molecule has 216 valence electrons. The largest absolute Gasteiger partial charge is 0.489 e. The van der Waals surface area contributed by atoms with Crippen LogP contribution in [0.15, 0.2) is 29.2 Å². The molecule has 1 saturated heterocycles. The summed E-state index contributed by atoms with van der Waals surface area (Å²) in [5.41, 5.74) is 2.84. The Labute approximate surface area is 236 Å². The van der Waals surface area contributed by atoms with E-state index in [-0.39, 0.29) is 47.9 Å². The highest BCUT2D eigenvalue weighted by molar-refractivity contribution is 5.99. The first-order chi connectivity index (χ1) is 19.7. The molecule has 0 bridgehead atoms. The van der Waals surface area contributed by atoms with Crippen molar-refractivity contribution in [1.29, 1.82) is 0 Å². The normalized spacial score (nSPS) is 22.6. The maximum Gasteiger partial charge on any atom is 0.263 e. The van der Waals surface area contributed by atoms with Crippen molar-refractivity contribution in [2.75, 3.05) is 36.5 Å². The van der Waals surface area contributed by atoms with E-state index >= 15 is 0 Å². The number of alkyl halides is 2. The number of hydrogen-bond acceptors (Lipinski definition) is 8. The van der Waals surface area contributed by atoms with Gasteiger partial charge in [0.05, 0.1) is 17.3 Å². The summed E-state index contributed by atoms with van der Waals surface area (Å²) in [5.74, 6) is -1.65. The number of aromatic nitrogens is 3. The van der Waals surface area contributed by atoms with Gasteiger partial charge in [-0.25, -0.2) is 13.8 Å². The summed E-state index contributed by atoms with van der Waals surface area (Å²) in [6.45, 7) is 5.96. The summed E-state index contributed by atoms with van der Waals surface area (Å²) >= 11 is 0. The minimum atomic E-state index is -2.51. The van der Waals surface area contributed by atoms with Gasteiger partial charge in [-0.1, -0.05) is 12.8 Å². The van der Waals surface area contributed by atoms with E-state index in [1.807, 2.05) is 18.2 Å². The number of carbonyl (C=O) groups is 1. The van der Waals surface area contributed by atoms with Crippen molar-refractivity contribution < 1.29 is 18.3 Å². The minimum absolute atomic E-state index is 0.0118. The lowest BCUT2D eigenvalue weighted by atomic mass is 9.86. The molecule has 2 aliphatic heterocycles. The van der Waals surface area contributed by atoms with Crippen LogP contribution in [-0.2, 0) is 0 Å². The van der Waals surface area contributed by atoms with Gasteiger partial charge in [-0.15, -0.1) is 0 Å². The third-order valence-corrected chi connectivity index (χ3v) is 9.31. The fourth-order valence-corrected chi connectivity index (χ4v) is 7.13. The van der Waals surface area contributed by atoms with Crippen molar-refractivity contribution in [3.63, 3.8) is 0 Å². The predicted octanol–water partition coefficient (Wildman–Crippen LogP) is 4.84. The van der Waals surface area contributed by atoms with E-state index in [9.17, 15) is 18.4 Å². The maximum absolute atomic E-state index is 13.5. The van der Waals surface area contributed by atoms with E-state index in [2.05, 4.69) is 20.1 Å². The van der Waals surface area contributed by atoms with Crippen LogP contribution in [0.3, 0.4) is 0 Å². The van der Waals surface area contributed by atoms with Crippen LogP contribution in [0, 0.1) is 6.92 Å². The zero-order valence-corrected chi connectivity index (χ0v) is 23.3. The number of nitrogens with zero attached hydrogens (tertiary/aromatic N) is 5. The summed E-state index contributed by atoms with van der Waals surface area (Å²) < 4.78 is 34.7. The first kappa shape index (κ1) is 26.3. The van der Waals surface area contributed by atoms with Crippen molar-refractivity contribution in [2.24, 2.45) is 0 Å². The number of halogens is 2. The van der Waals surface area contributed by atoms with Crippen LogP contribution in [0.5, 0.6) is 5.75 Å². The zero-order chi connectivity index (χ0) is 28.5. The molecule has 3 fully saturated rings. The van der Waals surface area contributed by atoms with Gasteiger partial charge in [-0.3, -0.25) is 19.1 Å². The van der Waals surface area contributed by atoms with E-state index in [4.69, 9.17) is 9.72 Å². The van der Waals surface area contributed by atoms with Gasteiger partial charge in [0, 0.05) is 67.9 Å². The molecule has 1 atom stereocenters. The standard InChI is InChI=1S/C30H34F2N6O3/c1-17-23-14-33-29(35-27(23)38(20-5-3-4-6-20)28(40)26(17)18(2)39)34-19-7-8-24-25(11-19)41-16-22-15-36(9-10-37(22)24)21-12-30(31,32)13-21/h7-8,11,14,20-22H,3-6,9-10,12-13,15-16H2,1-2H3,(H,33,34,35)/t22-/m1/s1. The number of carbonyl (C=O) groups excluding carboxylic acids is 1. The maximum atomic E-state index is 13.5. The molecular formula is C30H34F2N6O3. The number of anilines is 3. The van der Waals surface area contributed by atoms with Crippen molar-refractivity contribution >= 4 is 34.1 Å². The molecule has 41 heavy (non-hydrogen) atoms. The molecule has 9 nitrogen and oxygen atoms in total. The van der Waals surface area contributed by atoms with E-state index in [1.54, 1.807) is 17.7 Å². The first-order valence-corrected chi connectivity index (χ1v) is 14.5. The van der Waals surface area contributed by atoms with E-state index in [0.29, 0.717) is 29.2 Å². The van der Waals surface area contributed by atoms with Gasteiger partial charge in [0.25, 0.3) is 11.5 Å². The van der Waals surface area contributed by atoms with E-state index < -0.39 is 5.92 Å². The third-order valence-electron chi connectivity index (χ3n) is 9.31. The lowest BCUT2D eigenvalue weighted by Crippen LogP contribution is -2.62. The molecule has 0 radical (unpaired) electrons. The van der Waals surface area contributed by atoms with Crippen molar-refractivity contribution in [3.8, 4) is 5.75 Å². The summed E-state index contributed by atoms with van der Waals surface area (Å²) in [6, 6.07) is 5.99. The van der Waals surface area contributed by atoms with Crippen LogP contribution < -0.4 is 20.5 Å². The number of fused-ring (bicyclic) bond motifs is 4. The van der Waals surface area contributed by atoms with Crippen molar-refractivity contribution in [1.82, 2.24) is 19.4 Å². The second-order valence-electron chi connectivity index (χ2n) is 12.0. The molecule has 4 heterocycles. The molecule has 0 amide bonds. The van der Waals surface area contributed by atoms with Gasteiger partial charge in [-0.05, 0) is 44.4 Å². The fraction of sp³-hybridized carbons (Fsp3) is 0.533. The molecule has 7 rings (SSSR count). The highest BCUT2D eigenvalue weighted by Gasteiger charge is 2.49. The van der Waals surface area contributed by atoms with Gasteiger partial charge in [0.15, 0.2) is 5.78 Å². The fourth-order valence-electron chi connectivity index (χ4n) is 7.13. The van der Waals surface area contributed by atoms with Crippen LogP contribution in [0.25, 0.3) is 11.0 Å². The number of Topliss-reactive ketones (excluding diaryl/α,β-unsaturated/α-hetero) is 1. The van der Waals surface area contributed by atoms with Gasteiger partial charge >= 0.3 is 0 Å². The zero-order valence-electron chi connectivity index (χ0n) is 23.3. The van der Waals surface area contributed by atoms with Gasteiger partial charge in [0.2, 0.25) is 5.95 Å². The van der Waals surface area contributed by atoms with Crippen molar-refractivity contribution in [3.05, 3.63) is 45.9 Å². The highest BCUT2D eigenvalue weighted by Crippen LogP contribution is 2.43. The number of benzene rings is 1. The number of piperazine rings is 1. The average molecular weight is 565 g/mol. The number of ether oxygens (including phenoxy) is 1. The molecule has 4 aliphatic rings. The Morgan fingerprint density at radius 1 is 1.12 bits per heavy atom. The predicted molar refractivity (Wildman–Crippen MR) is 152 cm³/mol. The molecular weight excluding hydrogens is 530 g/mol. The Kier molecular flexibility index (Phi) is 6.26. The SMILES string of the molecule is CC(=O)c1c(C)c2cnc(Nc3ccc4c(c3)OC[C@H]3CN(C5CC(F)(F)C5)CCN43)nc2n(C2CCCC2)c1=O. The number of rotatable bonds is 5. The summed E-state index contributed by atoms with van der Waals surface area (Å²) in [4.78, 5) is 39.7.